The lowest BCUT2D eigenvalue weighted by Gasteiger charge is -2.40. The van der Waals surface area contributed by atoms with E-state index in [0.29, 0.717) is 6.04 Å². The first-order valence-electron chi connectivity index (χ1n) is 8.00. The van der Waals surface area contributed by atoms with Crippen LogP contribution in [0.5, 0.6) is 5.75 Å². The maximum Gasteiger partial charge on any atom is 0.125 e. The highest BCUT2D eigenvalue weighted by Crippen LogP contribution is 2.34. The topological polar surface area (TPSA) is 41.7 Å². The summed E-state index contributed by atoms with van der Waals surface area (Å²) in [5, 5.41) is 0. The van der Waals surface area contributed by atoms with Gasteiger partial charge in [0.25, 0.3) is 0 Å². The second-order valence-corrected chi connectivity index (χ2v) is 5.96. The van der Waals surface area contributed by atoms with Crippen LogP contribution < -0.4 is 15.4 Å². The standard InChI is InChI=1S/C17H29N3O/c1-5-13(2)19-9-11-20(12-10-19)15-7-6-8-16(21-4)17(15)14(3)18/h6-8,13-14H,5,9-12,18H2,1-4H3/t13?,14-/m1/s1. The molecule has 0 saturated carbocycles. The lowest BCUT2D eigenvalue weighted by atomic mass is 10.0. The van der Waals surface area contributed by atoms with Crippen molar-refractivity contribution in [2.24, 2.45) is 5.73 Å². The molecule has 1 aliphatic rings. The lowest BCUT2D eigenvalue weighted by molar-refractivity contribution is 0.192. The zero-order valence-corrected chi connectivity index (χ0v) is 13.8. The summed E-state index contributed by atoms with van der Waals surface area (Å²) in [4.78, 5) is 5.02. The van der Waals surface area contributed by atoms with Gasteiger partial charge in [0.15, 0.2) is 0 Å². The number of benzene rings is 1. The van der Waals surface area contributed by atoms with Gasteiger partial charge >= 0.3 is 0 Å². The van der Waals surface area contributed by atoms with Gasteiger partial charge in [-0.3, -0.25) is 4.90 Å². The molecular formula is C17H29N3O. The molecule has 0 aliphatic carbocycles. The molecular weight excluding hydrogens is 262 g/mol. The van der Waals surface area contributed by atoms with E-state index in [1.165, 1.54) is 12.1 Å². The third-order valence-electron chi connectivity index (χ3n) is 4.59. The fraction of sp³-hybridized carbons (Fsp3) is 0.647. The molecule has 2 atom stereocenters. The van der Waals surface area contributed by atoms with E-state index in [9.17, 15) is 0 Å². The van der Waals surface area contributed by atoms with Crippen LogP contribution in [0.2, 0.25) is 0 Å². The molecule has 1 aromatic carbocycles. The molecule has 0 spiro atoms. The van der Waals surface area contributed by atoms with Gasteiger partial charge in [0.1, 0.15) is 5.75 Å². The van der Waals surface area contributed by atoms with Crippen molar-refractivity contribution < 1.29 is 4.74 Å². The first-order valence-corrected chi connectivity index (χ1v) is 8.00. The average molecular weight is 291 g/mol. The Hall–Kier alpha value is -1.26. The minimum Gasteiger partial charge on any atom is -0.496 e. The molecule has 1 aromatic rings. The molecule has 4 heteroatoms. The Morgan fingerprint density at radius 1 is 1.19 bits per heavy atom. The Balaban J connectivity index is 2.17. The summed E-state index contributed by atoms with van der Waals surface area (Å²) in [5.74, 6) is 0.895. The van der Waals surface area contributed by atoms with E-state index in [1.807, 2.05) is 13.0 Å². The smallest absolute Gasteiger partial charge is 0.125 e. The predicted octanol–water partition coefficient (Wildman–Crippen LogP) is 2.64. The summed E-state index contributed by atoms with van der Waals surface area (Å²) in [7, 11) is 1.71. The number of methoxy groups -OCH3 is 1. The van der Waals surface area contributed by atoms with Crippen LogP contribution in [0.1, 0.15) is 38.8 Å². The molecule has 2 rings (SSSR count). The Bertz CT molecular complexity index is 453. The highest BCUT2D eigenvalue weighted by molar-refractivity contribution is 5.61. The number of ether oxygens (including phenoxy) is 1. The van der Waals surface area contributed by atoms with Crippen molar-refractivity contribution in [1.29, 1.82) is 0 Å². The van der Waals surface area contributed by atoms with Gasteiger partial charge in [0, 0.05) is 49.5 Å². The van der Waals surface area contributed by atoms with Crippen LogP contribution in [0, 0.1) is 0 Å². The van der Waals surface area contributed by atoms with E-state index < -0.39 is 0 Å². The van der Waals surface area contributed by atoms with Crippen LogP contribution in [0.3, 0.4) is 0 Å². The maximum atomic E-state index is 6.18. The molecule has 1 heterocycles. The van der Waals surface area contributed by atoms with Crippen molar-refractivity contribution in [3.63, 3.8) is 0 Å². The number of hydrogen-bond donors (Lipinski definition) is 1. The molecule has 0 bridgehead atoms. The quantitative estimate of drug-likeness (QED) is 0.905. The molecule has 0 radical (unpaired) electrons. The molecule has 118 valence electrons. The molecule has 4 nitrogen and oxygen atoms in total. The van der Waals surface area contributed by atoms with Crippen molar-refractivity contribution >= 4 is 5.69 Å². The zero-order chi connectivity index (χ0) is 15.4. The van der Waals surface area contributed by atoms with E-state index in [1.54, 1.807) is 7.11 Å². The molecule has 0 amide bonds. The number of rotatable bonds is 5. The fourth-order valence-corrected chi connectivity index (χ4v) is 3.11. The molecule has 1 aliphatic heterocycles. The van der Waals surface area contributed by atoms with Crippen LogP contribution in [0.15, 0.2) is 18.2 Å². The van der Waals surface area contributed by atoms with Crippen molar-refractivity contribution in [2.75, 3.05) is 38.2 Å². The van der Waals surface area contributed by atoms with E-state index in [2.05, 4.69) is 35.8 Å². The maximum absolute atomic E-state index is 6.18. The normalized spacial score (nSPS) is 19.4. The Labute approximate surface area is 128 Å². The van der Waals surface area contributed by atoms with Gasteiger partial charge < -0.3 is 15.4 Å². The van der Waals surface area contributed by atoms with Gasteiger partial charge in [-0.1, -0.05) is 13.0 Å². The van der Waals surface area contributed by atoms with Crippen molar-refractivity contribution in [3.8, 4) is 5.75 Å². The van der Waals surface area contributed by atoms with Crippen LogP contribution in [0.25, 0.3) is 0 Å². The summed E-state index contributed by atoms with van der Waals surface area (Å²) >= 11 is 0. The second-order valence-electron chi connectivity index (χ2n) is 5.96. The lowest BCUT2D eigenvalue weighted by Crippen LogP contribution is -2.49. The number of anilines is 1. The van der Waals surface area contributed by atoms with Crippen molar-refractivity contribution in [1.82, 2.24) is 4.90 Å². The average Bonchev–Trinajstić information content (AvgIpc) is 2.53. The SMILES string of the molecule is CCC(C)N1CCN(c2cccc(OC)c2[C@@H](C)N)CC1. The summed E-state index contributed by atoms with van der Waals surface area (Å²) < 4.78 is 5.50. The molecule has 0 aromatic heterocycles. The summed E-state index contributed by atoms with van der Waals surface area (Å²) in [6.45, 7) is 10.9. The third kappa shape index (κ3) is 3.50. The molecule has 1 fully saturated rings. The monoisotopic (exact) mass is 291 g/mol. The van der Waals surface area contributed by atoms with Crippen molar-refractivity contribution in [3.05, 3.63) is 23.8 Å². The molecule has 2 N–H and O–H groups in total. The van der Waals surface area contributed by atoms with Gasteiger partial charge in [-0.05, 0) is 32.4 Å². The van der Waals surface area contributed by atoms with Crippen molar-refractivity contribution in [2.45, 2.75) is 39.3 Å². The fourth-order valence-electron chi connectivity index (χ4n) is 3.11. The van der Waals surface area contributed by atoms with E-state index in [4.69, 9.17) is 10.5 Å². The molecule has 21 heavy (non-hydrogen) atoms. The minimum atomic E-state index is -0.0243. The summed E-state index contributed by atoms with van der Waals surface area (Å²) in [6.07, 6.45) is 1.21. The van der Waals surface area contributed by atoms with Gasteiger partial charge in [0.05, 0.1) is 7.11 Å². The first-order chi connectivity index (χ1) is 10.1. The summed E-state index contributed by atoms with van der Waals surface area (Å²) in [5.41, 5.74) is 8.53. The van der Waals surface area contributed by atoms with Crippen LogP contribution >= 0.6 is 0 Å². The largest absolute Gasteiger partial charge is 0.496 e. The van der Waals surface area contributed by atoms with E-state index in [-0.39, 0.29) is 6.04 Å². The van der Waals surface area contributed by atoms with E-state index >= 15 is 0 Å². The van der Waals surface area contributed by atoms with Gasteiger partial charge in [0.2, 0.25) is 0 Å². The zero-order valence-electron chi connectivity index (χ0n) is 13.8. The highest BCUT2D eigenvalue weighted by Gasteiger charge is 2.23. The third-order valence-corrected chi connectivity index (χ3v) is 4.59. The first kappa shape index (κ1) is 16.1. The second kappa shape index (κ2) is 7.14. The Morgan fingerprint density at radius 2 is 1.86 bits per heavy atom. The number of piperazine rings is 1. The van der Waals surface area contributed by atoms with Crippen LogP contribution in [-0.2, 0) is 0 Å². The number of nitrogens with zero attached hydrogens (tertiary/aromatic N) is 2. The molecule has 1 saturated heterocycles. The van der Waals surface area contributed by atoms with Gasteiger partial charge in [-0.25, -0.2) is 0 Å². The minimum absolute atomic E-state index is 0.0243. The van der Waals surface area contributed by atoms with Gasteiger partial charge in [-0.15, -0.1) is 0 Å². The molecule has 1 unspecified atom stereocenters. The Morgan fingerprint density at radius 3 is 2.38 bits per heavy atom. The van der Waals surface area contributed by atoms with E-state index in [0.717, 1.165) is 37.5 Å². The number of hydrogen-bond acceptors (Lipinski definition) is 4. The predicted molar refractivity (Wildman–Crippen MR) is 89.1 cm³/mol. The summed E-state index contributed by atoms with van der Waals surface area (Å²) in [6, 6.07) is 6.87. The van der Waals surface area contributed by atoms with Crippen LogP contribution in [-0.4, -0.2) is 44.2 Å². The van der Waals surface area contributed by atoms with Crippen LogP contribution in [0.4, 0.5) is 5.69 Å². The highest BCUT2D eigenvalue weighted by atomic mass is 16.5. The number of nitrogens with two attached hydrogens (primary N) is 1. The Kier molecular flexibility index (Phi) is 5.48. The van der Waals surface area contributed by atoms with Gasteiger partial charge in [-0.2, -0.15) is 0 Å².